The third-order valence-corrected chi connectivity index (χ3v) is 7.66. The van der Waals surface area contributed by atoms with Crippen LogP contribution in [0.25, 0.3) is 16.9 Å². The smallest absolute Gasteiger partial charge is 0.404 e. The maximum absolute atomic E-state index is 13.9. The number of halogens is 5. The molecule has 4 aromatic rings. The van der Waals surface area contributed by atoms with Crippen LogP contribution >= 0.6 is 0 Å². The van der Waals surface area contributed by atoms with Crippen LogP contribution in [-0.2, 0) is 16.2 Å². The maximum atomic E-state index is 13.9. The molecule has 0 aliphatic carbocycles. The molecule has 3 N–H and O–H groups in total. The Kier molecular flexibility index (Phi) is 8.26. The molecule has 2 heterocycles. The molecule has 0 bridgehead atoms. The van der Waals surface area contributed by atoms with E-state index >= 15 is 0 Å². The number of rotatable bonds is 8. The monoisotopic (exact) mass is 613 g/mol. The Balaban J connectivity index is 1.64. The number of aliphatic hydroxyl groups excluding tert-OH is 1. The predicted octanol–water partition coefficient (Wildman–Crippen LogP) is 5.32. The summed E-state index contributed by atoms with van der Waals surface area (Å²) in [7, 11) is -4.10. The number of amides is 1. The van der Waals surface area contributed by atoms with Crippen molar-refractivity contribution in [1.29, 1.82) is 0 Å². The van der Waals surface area contributed by atoms with Gasteiger partial charge in [-0.05, 0) is 56.7 Å². The summed E-state index contributed by atoms with van der Waals surface area (Å²) in [6, 6.07) is 8.55. The highest BCUT2D eigenvalue weighted by atomic mass is 32.2. The van der Waals surface area contributed by atoms with Gasteiger partial charge in [-0.2, -0.15) is 18.3 Å². The van der Waals surface area contributed by atoms with Crippen LogP contribution in [0, 0.1) is 6.92 Å². The van der Waals surface area contributed by atoms with Crippen molar-refractivity contribution in [2.45, 2.75) is 43.8 Å². The third-order valence-electron chi connectivity index (χ3n) is 5.96. The summed E-state index contributed by atoms with van der Waals surface area (Å²) in [5.74, 6) is -0.351. The number of ether oxygens (including phenoxy) is 1. The molecule has 16 heteroatoms. The van der Waals surface area contributed by atoms with E-state index in [0.717, 1.165) is 41.0 Å². The van der Waals surface area contributed by atoms with Crippen LogP contribution in [0.15, 0.2) is 59.6 Å². The number of anilines is 1. The molecule has 0 spiro atoms. The number of alkyl halides is 5. The van der Waals surface area contributed by atoms with Gasteiger partial charge in [-0.1, -0.05) is 18.2 Å². The lowest BCUT2D eigenvalue weighted by molar-refractivity contribution is -0.137. The summed E-state index contributed by atoms with van der Waals surface area (Å²) in [5.41, 5.74) is -2.60. The number of fused-ring (bicyclic) bond motifs is 1. The van der Waals surface area contributed by atoms with E-state index in [1.54, 1.807) is 6.92 Å². The van der Waals surface area contributed by atoms with E-state index in [0.29, 0.717) is 5.56 Å². The second-order valence-electron chi connectivity index (χ2n) is 9.83. The van der Waals surface area contributed by atoms with E-state index < -0.39 is 52.1 Å². The second-order valence-corrected chi connectivity index (χ2v) is 11.5. The number of nitrogens with zero attached hydrogens (tertiary/aromatic N) is 3. The number of aromatic nitrogens is 3. The summed E-state index contributed by atoms with van der Waals surface area (Å²) in [4.78, 5) is 16.7. The first-order valence-corrected chi connectivity index (χ1v) is 13.6. The molecule has 0 fully saturated rings. The topological polar surface area (TPSA) is 135 Å². The fourth-order valence-electron chi connectivity index (χ4n) is 3.76. The first-order valence-electron chi connectivity index (χ1n) is 12.1. The highest BCUT2D eigenvalue weighted by molar-refractivity contribution is 7.89. The van der Waals surface area contributed by atoms with E-state index in [1.165, 1.54) is 32.0 Å². The van der Waals surface area contributed by atoms with Crippen LogP contribution < -0.4 is 14.8 Å². The van der Waals surface area contributed by atoms with E-state index in [9.17, 15) is 40.3 Å². The highest BCUT2D eigenvalue weighted by Gasteiger charge is 2.30. The molecule has 0 unspecified atom stereocenters. The SMILES string of the molecule is Cc1ccc(S(=O)(=O)NC(C)(C)CO)cc1NC(=O)Oc1cnn2c(C(F)F)cc(-c3ccc(C(F)(F)F)cc3)nc12. The molecule has 0 saturated heterocycles. The van der Waals surface area contributed by atoms with Crippen molar-refractivity contribution in [2.75, 3.05) is 11.9 Å². The summed E-state index contributed by atoms with van der Waals surface area (Å²) in [5, 5.41) is 15.6. The van der Waals surface area contributed by atoms with Crippen molar-refractivity contribution in [3.63, 3.8) is 0 Å². The van der Waals surface area contributed by atoms with Gasteiger partial charge in [-0.25, -0.2) is 36.2 Å². The molecule has 0 radical (unpaired) electrons. The van der Waals surface area contributed by atoms with Crippen molar-refractivity contribution in [3.8, 4) is 17.0 Å². The number of carbonyl (C=O) groups is 1. The minimum absolute atomic E-state index is 0.0489. The molecule has 0 aliphatic heterocycles. The Morgan fingerprint density at radius 3 is 2.36 bits per heavy atom. The van der Waals surface area contributed by atoms with Gasteiger partial charge >= 0.3 is 12.3 Å². The van der Waals surface area contributed by atoms with Gasteiger partial charge in [0.2, 0.25) is 10.0 Å². The lowest BCUT2D eigenvalue weighted by Crippen LogP contribution is -2.46. The van der Waals surface area contributed by atoms with E-state index in [-0.39, 0.29) is 33.2 Å². The lowest BCUT2D eigenvalue weighted by Gasteiger charge is -2.23. The summed E-state index contributed by atoms with van der Waals surface area (Å²) in [6.07, 6.45) is -7.84. The number of aliphatic hydroxyl groups is 1. The molecular formula is C26H24F5N5O5S. The van der Waals surface area contributed by atoms with Crippen molar-refractivity contribution >= 4 is 27.5 Å². The first-order chi connectivity index (χ1) is 19.5. The van der Waals surface area contributed by atoms with Crippen LogP contribution in [0.1, 0.15) is 37.1 Å². The molecule has 42 heavy (non-hydrogen) atoms. The predicted molar refractivity (Wildman–Crippen MR) is 141 cm³/mol. The summed E-state index contributed by atoms with van der Waals surface area (Å²) in [6.45, 7) is 4.06. The van der Waals surface area contributed by atoms with Gasteiger partial charge in [0.05, 0.1) is 34.5 Å². The van der Waals surface area contributed by atoms with Gasteiger partial charge < -0.3 is 9.84 Å². The Morgan fingerprint density at radius 2 is 1.76 bits per heavy atom. The fraction of sp³-hybridized carbons (Fsp3) is 0.269. The molecule has 0 atom stereocenters. The third kappa shape index (κ3) is 6.66. The average Bonchev–Trinajstić information content (AvgIpc) is 3.30. The average molecular weight is 614 g/mol. The van der Waals surface area contributed by atoms with Gasteiger partial charge in [-0.3, -0.25) is 5.32 Å². The van der Waals surface area contributed by atoms with Crippen molar-refractivity contribution in [1.82, 2.24) is 19.3 Å². The molecular weight excluding hydrogens is 589 g/mol. The molecule has 4 rings (SSSR count). The van der Waals surface area contributed by atoms with Gasteiger partial charge in [0, 0.05) is 11.3 Å². The normalized spacial score (nSPS) is 12.6. The van der Waals surface area contributed by atoms with E-state index in [1.807, 2.05) is 0 Å². The molecule has 0 aliphatic rings. The van der Waals surface area contributed by atoms with Gasteiger partial charge in [0.1, 0.15) is 5.69 Å². The quantitative estimate of drug-likeness (QED) is 0.229. The Labute approximate surface area is 236 Å². The Bertz CT molecular complexity index is 1740. The number of sulfonamides is 1. The maximum Gasteiger partial charge on any atom is 0.417 e. The van der Waals surface area contributed by atoms with Crippen molar-refractivity contribution in [3.05, 3.63) is 71.5 Å². The minimum atomic E-state index is -4.60. The molecule has 10 nitrogen and oxygen atoms in total. The number of nitrogens with one attached hydrogen (secondary N) is 2. The minimum Gasteiger partial charge on any atom is -0.404 e. The van der Waals surface area contributed by atoms with Gasteiger partial charge in [-0.15, -0.1) is 0 Å². The number of carbonyl (C=O) groups excluding carboxylic acids is 1. The number of benzene rings is 2. The molecule has 2 aromatic carbocycles. The second kappa shape index (κ2) is 11.3. The largest absolute Gasteiger partial charge is 0.417 e. The molecule has 2 aromatic heterocycles. The van der Waals surface area contributed by atoms with E-state index in [2.05, 4.69) is 20.1 Å². The molecule has 0 saturated carbocycles. The van der Waals surface area contributed by atoms with Crippen LogP contribution in [0.2, 0.25) is 0 Å². The van der Waals surface area contributed by atoms with Crippen molar-refractivity contribution < 1.29 is 45.0 Å². The van der Waals surface area contributed by atoms with Crippen molar-refractivity contribution in [2.24, 2.45) is 0 Å². The Hall–Kier alpha value is -4.15. The zero-order chi connectivity index (χ0) is 31.0. The lowest BCUT2D eigenvalue weighted by atomic mass is 10.1. The zero-order valence-corrected chi connectivity index (χ0v) is 23.0. The number of aryl methyl sites for hydroxylation is 1. The zero-order valence-electron chi connectivity index (χ0n) is 22.2. The van der Waals surface area contributed by atoms with Gasteiger partial charge in [0.25, 0.3) is 6.43 Å². The molecule has 1 amide bonds. The first kappa shape index (κ1) is 30.8. The summed E-state index contributed by atoms with van der Waals surface area (Å²) < 4.78 is 100. The molecule has 224 valence electrons. The highest BCUT2D eigenvalue weighted by Crippen LogP contribution is 2.33. The summed E-state index contributed by atoms with van der Waals surface area (Å²) >= 11 is 0. The fourth-order valence-corrected chi connectivity index (χ4v) is 5.19. The van der Waals surface area contributed by atoms with Gasteiger partial charge in [0.15, 0.2) is 11.4 Å². The van der Waals surface area contributed by atoms with Crippen LogP contribution in [-0.4, -0.2) is 46.4 Å². The van der Waals surface area contributed by atoms with Crippen LogP contribution in [0.5, 0.6) is 5.75 Å². The number of hydrogen-bond donors (Lipinski definition) is 3. The number of hydrogen-bond acceptors (Lipinski definition) is 7. The Morgan fingerprint density at radius 1 is 1.10 bits per heavy atom. The van der Waals surface area contributed by atoms with Crippen LogP contribution in [0.4, 0.5) is 32.4 Å². The standard InChI is InChI=1S/C26H24F5N5O5S/c1-14-4-9-17(42(39,40)35-25(2,3)13-37)10-18(14)34-24(38)41-21-12-32-36-20(22(27)28)11-19(33-23(21)36)15-5-7-16(8-6-15)26(29,30)31/h4-12,22,35,37H,13H2,1-3H3,(H,34,38). The van der Waals surface area contributed by atoms with Crippen LogP contribution in [0.3, 0.4) is 0 Å². The van der Waals surface area contributed by atoms with E-state index in [4.69, 9.17) is 4.74 Å².